The molecule has 1 heterocycles. The van der Waals surface area contributed by atoms with Gasteiger partial charge >= 0.3 is 0 Å². The highest BCUT2D eigenvalue weighted by atomic mass is 32.2. The summed E-state index contributed by atoms with van der Waals surface area (Å²) in [5.74, 6) is 0.984. The summed E-state index contributed by atoms with van der Waals surface area (Å²) in [6.45, 7) is 0. The van der Waals surface area contributed by atoms with Gasteiger partial charge in [0.15, 0.2) is 0 Å². The highest BCUT2D eigenvalue weighted by Gasteiger charge is 2.02. The van der Waals surface area contributed by atoms with E-state index in [1.807, 2.05) is 54.3 Å². The van der Waals surface area contributed by atoms with Crippen LogP contribution in [-0.4, -0.2) is 29.6 Å². The molecule has 0 aliphatic carbocycles. The molecule has 1 amide bonds. The van der Waals surface area contributed by atoms with Crippen molar-refractivity contribution in [1.82, 2.24) is 9.99 Å². The number of carbonyl (C=O) groups excluding carboxylic acids is 1. The lowest BCUT2D eigenvalue weighted by atomic mass is 10.3. The van der Waals surface area contributed by atoms with Gasteiger partial charge in [0.1, 0.15) is 5.75 Å². The number of carbonyl (C=O) groups is 1. The summed E-state index contributed by atoms with van der Waals surface area (Å²) >= 11 is 1.45. The Morgan fingerprint density at radius 3 is 2.76 bits per heavy atom. The molecule has 0 saturated carbocycles. The standard InChI is InChI=1S/C15H17N3O2S/c1-18-8-7-12(10-18)9-16-17-15(19)11-21-14-5-3-13(20-2)4-6-14/h3-10H,11H2,1-2H3,(H,17,19)/b16-9+. The van der Waals surface area contributed by atoms with E-state index in [4.69, 9.17) is 4.74 Å². The second-order valence-corrected chi connectivity index (χ2v) is 5.42. The fraction of sp³-hybridized carbons (Fsp3) is 0.200. The molecule has 0 radical (unpaired) electrons. The normalized spacial score (nSPS) is 10.8. The SMILES string of the molecule is COc1ccc(SCC(=O)N/N=C/c2ccn(C)c2)cc1. The maximum absolute atomic E-state index is 11.7. The second kappa shape index (κ2) is 7.54. The molecule has 0 aliphatic rings. The number of hydrogen-bond donors (Lipinski definition) is 1. The number of amides is 1. The average molecular weight is 303 g/mol. The number of nitrogens with zero attached hydrogens (tertiary/aromatic N) is 2. The Labute approximate surface area is 128 Å². The van der Waals surface area contributed by atoms with Gasteiger partial charge in [-0.3, -0.25) is 4.79 Å². The number of aryl methyl sites for hydroxylation is 1. The fourth-order valence-corrected chi connectivity index (χ4v) is 2.32. The Bertz CT molecular complexity index is 620. The van der Waals surface area contributed by atoms with Crippen LogP contribution in [-0.2, 0) is 11.8 Å². The summed E-state index contributed by atoms with van der Waals surface area (Å²) in [5.41, 5.74) is 3.45. The summed E-state index contributed by atoms with van der Waals surface area (Å²) in [7, 11) is 3.56. The van der Waals surface area contributed by atoms with E-state index in [9.17, 15) is 4.79 Å². The molecule has 110 valence electrons. The minimum absolute atomic E-state index is 0.136. The van der Waals surface area contributed by atoms with Crippen LogP contribution in [0.4, 0.5) is 0 Å². The van der Waals surface area contributed by atoms with Crippen LogP contribution in [0, 0.1) is 0 Å². The third-order valence-corrected chi connectivity index (χ3v) is 3.70. The summed E-state index contributed by atoms with van der Waals surface area (Å²) < 4.78 is 7.00. The minimum Gasteiger partial charge on any atom is -0.497 e. The van der Waals surface area contributed by atoms with E-state index in [2.05, 4.69) is 10.5 Å². The highest BCUT2D eigenvalue weighted by Crippen LogP contribution is 2.20. The van der Waals surface area contributed by atoms with Gasteiger partial charge in [0.05, 0.1) is 19.1 Å². The number of hydrogen-bond acceptors (Lipinski definition) is 4. The summed E-state index contributed by atoms with van der Waals surface area (Å²) in [4.78, 5) is 12.7. The molecule has 0 atom stereocenters. The Hall–Kier alpha value is -2.21. The maximum atomic E-state index is 11.7. The first kappa shape index (κ1) is 15.2. The van der Waals surface area contributed by atoms with Gasteiger partial charge in [-0.2, -0.15) is 5.10 Å². The molecule has 0 fully saturated rings. The maximum Gasteiger partial charge on any atom is 0.250 e. The quantitative estimate of drug-likeness (QED) is 0.506. The Morgan fingerprint density at radius 1 is 1.38 bits per heavy atom. The summed E-state index contributed by atoms with van der Waals surface area (Å²) in [5, 5.41) is 3.92. The molecule has 1 aromatic carbocycles. The third-order valence-electron chi connectivity index (χ3n) is 2.69. The van der Waals surface area contributed by atoms with Crippen molar-refractivity contribution < 1.29 is 9.53 Å². The van der Waals surface area contributed by atoms with Crippen molar-refractivity contribution >= 4 is 23.9 Å². The first-order valence-corrected chi connectivity index (χ1v) is 7.36. The Kier molecular flexibility index (Phi) is 5.45. The van der Waals surface area contributed by atoms with E-state index >= 15 is 0 Å². The van der Waals surface area contributed by atoms with Crippen LogP contribution in [0.2, 0.25) is 0 Å². The smallest absolute Gasteiger partial charge is 0.250 e. The van der Waals surface area contributed by atoms with Crippen molar-refractivity contribution in [2.45, 2.75) is 4.90 Å². The lowest BCUT2D eigenvalue weighted by molar-refractivity contribution is -0.118. The van der Waals surface area contributed by atoms with Crippen LogP contribution in [0.3, 0.4) is 0 Å². The number of benzene rings is 1. The molecule has 6 heteroatoms. The largest absolute Gasteiger partial charge is 0.497 e. The molecule has 21 heavy (non-hydrogen) atoms. The van der Waals surface area contributed by atoms with Gasteiger partial charge in [-0.1, -0.05) is 0 Å². The average Bonchev–Trinajstić information content (AvgIpc) is 2.91. The molecule has 2 aromatic rings. The molecule has 1 N–H and O–H groups in total. The van der Waals surface area contributed by atoms with Gasteiger partial charge < -0.3 is 9.30 Å². The number of rotatable bonds is 6. The number of thioether (sulfide) groups is 1. The number of hydrazone groups is 1. The number of methoxy groups -OCH3 is 1. The second-order valence-electron chi connectivity index (χ2n) is 4.37. The van der Waals surface area contributed by atoms with Crippen molar-refractivity contribution in [3.8, 4) is 5.75 Å². The summed E-state index contributed by atoms with van der Waals surface area (Å²) in [6, 6.07) is 9.50. The zero-order chi connectivity index (χ0) is 15.1. The predicted molar refractivity (Wildman–Crippen MR) is 84.9 cm³/mol. The zero-order valence-corrected chi connectivity index (χ0v) is 12.8. The van der Waals surface area contributed by atoms with Gasteiger partial charge in [0.2, 0.25) is 5.91 Å². The van der Waals surface area contributed by atoms with Crippen molar-refractivity contribution in [2.24, 2.45) is 12.1 Å². The first-order valence-electron chi connectivity index (χ1n) is 6.38. The molecule has 2 rings (SSSR count). The molecule has 0 spiro atoms. The van der Waals surface area contributed by atoms with E-state index in [0.29, 0.717) is 5.75 Å². The van der Waals surface area contributed by atoms with Gasteiger partial charge in [-0.25, -0.2) is 5.43 Å². The van der Waals surface area contributed by atoms with Crippen LogP contribution in [0.15, 0.2) is 52.7 Å². The zero-order valence-electron chi connectivity index (χ0n) is 11.9. The topological polar surface area (TPSA) is 55.6 Å². The first-order chi connectivity index (χ1) is 10.2. The Morgan fingerprint density at radius 2 is 2.14 bits per heavy atom. The van der Waals surface area contributed by atoms with Crippen molar-refractivity contribution in [2.75, 3.05) is 12.9 Å². The van der Waals surface area contributed by atoms with Crippen LogP contribution in [0.25, 0.3) is 0 Å². The van der Waals surface area contributed by atoms with Crippen LogP contribution >= 0.6 is 11.8 Å². The van der Waals surface area contributed by atoms with Gasteiger partial charge in [-0.05, 0) is 30.3 Å². The fourth-order valence-electron chi connectivity index (χ4n) is 1.63. The van der Waals surface area contributed by atoms with Gasteiger partial charge in [0, 0.05) is 29.9 Å². The van der Waals surface area contributed by atoms with Crippen molar-refractivity contribution in [3.63, 3.8) is 0 Å². The number of ether oxygens (including phenoxy) is 1. The van der Waals surface area contributed by atoms with Crippen LogP contribution < -0.4 is 10.2 Å². The Balaban J connectivity index is 1.75. The molecular formula is C15H17N3O2S. The predicted octanol–water partition coefficient (Wildman–Crippen LogP) is 2.28. The summed E-state index contributed by atoms with van der Waals surface area (Å²) in [6.07, 6.45) is 5.46. The van der Waals surface area contributed by atoms with E-state index in [-0.39, 0.29) is 5.91 Å². The third kappa shape index (κ3) is 5.00. The lowest BCUT2D eigenvalue weighted by Gasteiger charge is -2.02. The van der Waals surface area contributed by atoms with Crippen molar-refractivity contribution in [1.29, 1.82) is 0 Å². The number of nitrogens with one attached hydrogen (secondary N) is 1. The minimum atomic E-state index is -0.136. The van der Waals surface area contributed by atoms with Gasteiger partial charge in [0.25, 0.3) is 0 Å². The molecule has 0 saturated heterocycles. The van der Waals surface area contributed by atoms with E-state index < -0.39 is 0 Å². The van der Waals surface area contributed by atoms with Crippen LogP contribution in [0.1, 0.15) is 5.56 Å². The highest BCUT2D eigenvalue weighted by molar-refractivity contribution is 8.00. The molecule has 1 aromatic heterocycles. The van der Waals surface area contributed by atoms with Gasteiger partial charge in [-0.15, -0.1) is 11.8 Å². The van der Waals surface area contributed by atoms with Crippen molar-refractivity contribution in [3.05, 3.63) is 48.3 Å². The molecule has 0 unspecified atom stereocenters. The van der Waals surface area contributed by atoms with E-state index in [1.54, 1.807) is 13.3 Å². The molecule has 0 bridgehead atoms. The van der Waals surface area contributed by atoms with E-state index in [0.717, 1.165) is 16.2 Å². The molecule has 0 aliphatic heterocycles. The number of aromatic nitrogens is 1. The van der Waals surface area contributed by atoms with E-state index in [1.165, 1.54) is 11.8 Å². The molecular weight excluding hydrogens is 286 g/mol. The lowest BCUT2D eigenvalue weighted by Crippen LogP contribution is -2.19. The molecule has 5 nitrogen and oxygen atoms in total. The monoisotopic (exact) mass is 303 g/mol. The van der Waals surface area contributed by atoms with Crippen LogP contribution in [0.5, 0.6) is 5.75 Å².